The van der Waals surface area contributed by atoms with Gasteiger partial charge in [0.25, 0.3) is 0 Å². The number of hydrazine groups is 1. The summed E-state index contributed by atoms with van der Waals surface area (Å²) in [7, 11) is -3.59. The van der Waals surface area contributed by atoms with Crippen LogP contribution in [0.4, 0.5) is 21.9 Å². The van der Waals surface area contributed by atoms with E-state index in [1.54, 1.807) is 54.0 Å². The molecule has 32 heavy (non-hydrogen) atoms. The molecule has 0 fully saturated rings. The van der Waals surface area contributed by atoms with Crippen molar-refractivity contribution >= 4 is 33.1 Å². The number of hydrogen-bond donors (Lipinski definition) is 3. The fourth-order valence-electron chi connectivity index (χ4n) is 2.25. The Labute approximate surface area is 184 Å². The second-order valence-corrected chi connectivity index (χ2v) is 7.77. The average molecular weight is 453 g/mol. The van der Waals surface area contributed by atoms with Crippen molar-refractivity contribution < 1.29 is 13.2 Å². The van der Waals surface area contributed by atoms with Gasteiger partial charge < -0.3 is 5.73 Å². The second-order valence-electron chi connectivity index (χ2n) is 6.05. The Bertz CT molecular complexity index is 1200. The molecule has 3 aromatic rings. The number of carbonyl (C=O) groups excluding carboxylic acids is 1. The van der Waals surface area contributed by atoms with Crippen LogP contribution in [0.25, 0.3) is 10.4 Å². The monoisotopic (exact) mass is 452 g/mol. The van der Waals surface area contributed by atoms with Gasteiger partial charge in [0.15, 0.2) is 0 Å². The number of sulfonamides is 1. The summed E-state index contributed by atoms with van der Waals surface area (Å²) in [6.07, 6.45) is 0. The predicted octanol–water partition coefficient (Wildman–Crippen LogP) is 4.73. The van der Waals surface area contributed by atoms with Gasteiger partial charge in [-0.05, 0) is 29.3 Å². The van der Waals surface area contributed by atoms with E-state index in [0.717, 1.165) is 5.69 Å². The molecule has 0 bridgehead atoms. The predicted molar refractivity (Wildman–Crippen MR) is 121 cm³/mol. The lowest BCUT2D eigenvalue weighted by Crippen LogP contribution is -2.44. The fraction of sp³-hybridized carbons (Fsp3) is 0.0500. The number of nitrogens with one attached hydrogen (secondary N) is 2. The normalized spacial score (nSPS) is 10.5. The van der Waals surface area contributed by atoms with E-state index >= 15 is 0 Å². The first-order valence-corrected chi connectivity index (χ1v) is 10.7. The summed E-state index contributed by atoms with van der Waals surface area (Å²) in [5, 5.41) is 11.7. The third-order valence-electron chi connectivity index (χ3n) is 3.59. The van der Waals surface area contributed by atoms with Gasteiger partial charge >= 0.3 is 6.03 Å². The van der Waals surface area contributed by atoms with Crippen LogP contribution in [0.1, 0.15) is 5.56 Å². The minimum Gasteiger partial charge on any atom is -0.351 e. The van der Waals surface area contributed by atoms with Crippen LogP contribution in [0.3, 0.4) is 0 Å². The number of urea groups is 1. The van der Waals surface area contributed by atoms with Gasteiger partial charge in [-0.2, -0.15) is 10.2 Å². The number of nitrogens with two attached hydrogens (primary N) is 1. The maximum Gasteiger partial charge on any atom is 0.327 e. The van der Waals surface area contributed by atoms with Crippen molar-refractivity contribution in [2.45, 2.75) is 5.75 Å². The van der Waals surface area contributed by atoms with Crippen molar-refractivity contribution in [2.24, 2.45) is 21.1 Å². The highest BCUT2D eigenvalue weighted by molar-refractivity contribution is 7.88. The minimum absolute atomic E-state index is 0.214. The van der Waals surface area contributed by atoms with Crippen LogP contribution in [-0.2, 0) is 15.8 Å². The zero-order valence-electron chi connectivity index (χ0n) is 16.7. The Morgan fingerprint density at radius 2 is 1.44 bits per heavy atom. The summed E-state index contributed by atoms with van der Waals surface area (Å²) < 4.78 is 22.6. The average Bonchev–Trinajstić information content (AvgIpc) is 2.79. The van der Waals surface area contributed by atoms with Crippen molar-refractivity contribution in [3.63, 3.8) is 0 Å². The summed E-state index contributed by atoms with van der Waals surface area (Å²) in [5.74, 6) is -0.214. The molecule has 0 aliphatic heterocycles. The molecule has 3 aromatic carbocycles. The van der Waals surface area contributed by atoms with Crippen LogP contribution < -0.4 is 16.0 Å². The van der Waals surface area contributed by atoms with Crippen LogP contribution in [0.15, 0.2) is 100 Å². The molecule has 2 amide bonds. The number of amides is 2. The molecular weight excluding hydrogens is 432 g/mol. The SMILES string of the molecule is NC(=O)NNS(=O)(=O)Cc1ccccc1.[N-]=[N+]=Nc1ccccc1N=Nc1ccccc1. The largest absolute Gasteiger partial charge is 0.351 e. The van der Waals surface area contributed by atoms with Crippen LogP contribution >= 0.6 is 0 Å². The van der Waals surface area contributed by atoms with E-state index in [9.17, 15) is 13.2 Å². The third-order valence-corrected chi connectivity index (χ3v) is 4.72. The molecule has 0 radical (unpaired) electrons. The quantitative estimate of drug-likeness (QED) is 0.204. The summed E-state index contributed by atoms with van der Waals surface area (Å²) in [6.45, 7) is 0. The van der Waals surface area contributed by atoms with Crippen LogP contribution in [0.2, 0.25) is 0 Å². The highest BCUT2D eigenvalue weighted by Gasteiger charge is 2.11. The van der Waals surface area contributed by atoms with Crippen LogP contribution in [0, 0.1) is 0 Å². The number of rotatable bonds is 7. The van der Waals surface area contributed by atoms with Gasteiger partial charge in [0.1, 0.15) is 0 Å². The molecule has 3 rings (SSSR count). The molecule has 12 heteroatoms. The van der Waals surface area contributed by atoms with Crippen LogP contribution in [-0.4, -0.2) is 14.4 Å². The molecule has 0 aliphatic carbocycles. The Morgan fingerprint density at radius 3 is 2.03 bits per heavy atom. The van der Waals surface area contributed by atoms with Crippen molar-refractivity contribution in [1.29, 1.82) is 0 Å². The van der Waals surface area contributed by atoms with E-state index in [0.29, 0.717) is 16.9 Å². The maximum atomic E-state index is 11.3. The van der Waals surface area contributed by atoms with Gasteiger partial charge in [0.2, 0.25) is 10.0 Å². The fourth-order valence-corrected chi connectivity index (χ4v) is 3.21. The molecule has 0 atom stereocenters. The van der Waals surface area contributed by atoms with Gasteiger partial charge in [-0.25, -0.2) is 13.2 Å². The van der Waals surface area contributed by atoms with Gasteiger partial charge in [0.05, 0.1) is 22.8 Å². The van der Waals surface area contributed by atoms with Crippen molar-refractivity contribution in [1.82, 2.24) is 10.3 Å². The zero-order valence-corrected chi connectivity index (χ0v) is 17.6. The smallest absolute Gasteiger partial charge is 0.327 e. The topological polar surface area (TPSA) is 175 Å². The zero-order chi connectivity index (χ0) is 23.2. The first kappa shape index (κ1) is 24.0. The Morgan fingerprint density at radius 1 is 0.875 bits per heavy atom. The van der Waals surface area contributed by atoms with Gasteiger partial charge in [-0.15, -0.1) is 4.83 Å². The lowest BCUT2D eigenvalue weighted by Gasteiger charge is -2.05. The number of nitrogens with zero attached hydrogens (tertiary/aromatic N) is 5. The molecule has 0 heterocycles. The summed E-state index contributed by atoms with van der Waals surface area (Å²) in [5.41, 5.74) is 17.3. The molecule has 0 spiro atoms. The number of azo groups is 1. The number of primary amides is 1. The third kappa shape index (κ3) is 9.05. The molecule has 11 nitrogen and oxygen atoms in total. The van der Waals surface area contributed by atoms with E-state index in [4.69, 9.17) is 11.3 Å². The molecule has 164 valence electrons. The van der Waals surface area contributed by atoms with E-state index in [-0.39, 0.29) is 5.75 Å². The Hall–Kier alpha value is -4.25. The van der Waals surface area contributed by atoms with Gasteiger partial charge in [0, 0.05) is 4.91 Å². The van der Waals surface area contributed by atoms with E-state index in [1.807, 2.05) is 41.2 Å². The maximum absolute atomic E-state index is 11.3. The molecule has 0 aromatic heterocycles. The lowest BCUT2D eigenvalue weighted by atomic mass is 10.2. The number of azide groups is 1. The molecule has 0 aliphatic rings. The van der Waals surface area contributed by atoms with E-state index < -0.39 is 16.1 Å². The standard InChI is InChI=1S/C12H9N5.C8H11N3O3S/c13-17-16-12-9-5-4-8-11(12)15-14-10-6-2-1-3-7-10;9-8(12)10-11-15(13,14)6-7-4-2-1-3-5-7/h1-9H;1-5,11H,6H2,(H3,9,10,12). The first-order valence-electron chi connectivity index (χ1n) is 9.09. The summed E-state index contributed by atoms with van der Waals surface area (Å²) in [4.78, 5) is 14.9. The van der Waals surface area contributed by atoms with Crippen LogP contribution in [0.5, 0.6) is 0 Å². The van der Waals surface area contributed by atoms with E-state index in [2.05, 4.69) is 20.3 Å². The minimum atomic E-state index is -3.59. The summed E-state index contributed by atoms with van der Waals surface area (Å²) >= 11 is 0. The Balaban J connectivity index is 0.000000229. The molecule has 4 N–H and O–H groups in total. The first-order chi connectivity index (χ1) is 15.4. The summed E-state index contributed by atoms with van der Waals surface area (Å²) in [6, 6.07) is 24.0. The van der Waals surface area contributed by atoms with Gasteiger partial charge in [-0.1, -0.05) is 71.8 Å². The van der Waals surface area contributed by atoms with E-state index in [1.165, 1.54) is 0 Å². The Kier molecular flexibility index (Phi) is 9.34. The van der Waals surface area contributed by atoms with Gasteiger partial charge in [-0.3, -0.25) is 5.43 Å². The van der Waals surface area contributed by atoms with Crippen molar-refractivity contribution in [3.05, 3.63) is 101 Å². The molecule has 0 saturated carbocycles. The number of benzene rings is 3. The highest BCUT2D eigenvalue weighted by Crippen LogP contribution is 2.28. The number of hydrogen-bond acceptors (Lipinski definition) is 6. The second kappa shape index (κ2) is 12.4. The molecule has 0 unspecified atom stereocenters. The number of carbonyl (C=O) groups is 1. The highest BCUT2D eigenvalue weighted by atomic mass is 32.2. The van der Waals surface area contributed by atoms with Crippen molar-refractivity contribution in [2.75, 3.05) is 0 Å². The lowest BCUT2D eigenvalue weighted by molar-refractivity contribution is 0.247. The van der Waals surface area contributed by atoms with Crippen molar-refractivity contribution in [3.8, 4) is 0 Å². The molecule has 0 saturated heterocycles. The molecular formula is C20H20N8O3S.